The predicted molar refractivity (Wildman–Crippen MR) is 101 cm³/mol. The molecule has 0 amide bonds. The maximum atomic E-state index is 14.0. The van der Waals surface area contributed by atoms with Crippen LogP contribution in [0.5, 0.6) is 5.75 Å². The van der Waals surface area contributed by atoms with Crippen LogP contribution in [0, 0.1) is 5.82 Å². The first kappa shape index (κ1) is 20.0. The van der Waals surface area contributed by atoms with Gasteiger partial charge < -0.3 is 19.2 Å². The summed E-state index contributed by atoms with van der Waals surface area (Å²) in [6.07, 6.45) is -0.0798. The van der Waals surface area contributed by atoms with Crippen LogP contribution in [0.25, 0.3) is 11.0 Å². The second-order valence-electron chi connectivity index (χ2n) is 6.65. The summed E-state index contributed by atoms with van der Waals surface area (Å²) in [7, 11) is 0. The molecule has 2 heterocycles. The number of halogens is 5. The van der Waals surface area contributed by atoms with Crippen LogP contribution in [0.15, 0.2) is 34.8 Å². The Morgan fingerprint density at radius 3 is 2.86 bits per heavy atom. The SMILES string of the molecule is O=C([O-])C[C@@H]1C[C@H](c2c(Cl)cccc2OC(F)F)n2c1nc1cc(F)c(Br)cc12. The molecule has 0 fully saturated rings. The zero-order valence-corrected chi connectivity index (χ0v) is 16.9. The molecule has 1 aliphatic heterocycles. The lowest BCUT2D eigenvalue weighted by atomic mass is 9.95. The number of imidazole rings is 1. The fourth-order valence-electron chi connectivity index (χ4n) is 3.87. The van der Waals surface area contributed by atoms with Crippen LogP contribution in [-0.4, -0.2) is 22.1 Å². The number of carboxylic acid groups (broad SMARTS) is 1. The Labute approximate surface area is 176 Å². The van der Waals surface area contributed by atoms with E-state index in [0.29, 0.717) is 16.9 Å². The highest BCUT2D eigenvalue weighted by Crippen LogP contribution is 2.48. The van der Waals surface area contributed by atoms with Crippen LogP contribution in [-0.2, 0) is 4.79 Å². The normalized spacial score (nSPS) is 18.4. The van der Waals surface area contributed by atoms with Gasteiger partial charge in [0.2, 0.25) is 0 Å². The van der Waals surface area contributed by atoms with E-state index in [-0.39, 0.29) is 33.6 Å². The number of aromatic nitrogens is 2. The van der Waals surface area contributed by atoms with Crippen molar-refractivity contribution in [1.82, 2.24) is 9.55 Å². The standard InChI is InChI=1S/C19H13BrClF3N2O3/c20-9-6-13-12(7-11(9)22)25-18-8(5-16(27)28)4-14(26(13)18)17-10(21)2-1-3-15(17)29-19(23)24/h1-3,6-8,14,19H,4-5H2,(H,27,28)/p-1/t8-,14+/m0/s1. The molecule has 29 heavy (non-hydrogen) atoms. The average Bonchev–Trinajstić information content (AvgIpc) is 3.13. The van der Waals surface area contributed by atoms with Gasteiger partial charge in [0, 0.05) is 28.5 Å². The Kier molecular flexibility index (Phi) is 5.20. The van der Waals surface area contributed by atoms with E-state index in [9.17, 15) is 23.1 Å². The molecule has 0 bridgehead atoms. The van der Waals surface area contributed by atoms with Crippen LogP contribution in [0.3, 0.4) is 0 Å². The summed E-state index contributed by atoms with van der Waals surface area (Å²) in [6.45, 7) is -3.06. The van der Waals surface area contributed by atoms with Crippen molar-refractivity contribution in [3.05, 3.63) is 57.0 Å². The van der Waals surface area contributed by atoms with E-state index in [1.165, 1.54) is 30.3 Å². The minimum atomic E-state index is -3.06. The number of rotatable bonds is 5. The van der Waals surface area contributed by atoms with E-state index in [2.05, 4.69) is 25.7 Å². The summed E-state index contributed by atoms with van der Waals surface area (Å²) in [5.41, 5.74) is 1.12. The van der Waals surface area contributed by atoms with Gasteiger partial charge in [0.1, 0.15) is 17.4 Å². The van der Waals surface area contributed by atoms with Gasteiger partial charge in [0.15, 0.2) is 0 Å². The number of aliphatic carboxylic acids is 1. The summed E-state index contributed by atoms with van der Waals surface area (Å²) in [5, 5.41) is 11.4. The van der Waals surface area contributed by atoms with Crippen LogP contribution in [0.2, 0.25) is 5.02 Å². The van der Waals surface area contributed by atoms with Crippen molar-refractivity contribution in [1.29, 1.82) is 0 Å². The Balaban J connectivity index is 1.94. The van der Waals surface area contributed by atoms with Crippen molar-refractivity contribution in [2.24, 2.45) is 0 Å². The maximum absolute atomic E-state index is 14.0. The van der Waals surface area contributed by atoms with Crippen molar-refractivity contribution in [2.75, 3.05) is 0 Å². The molecule has 1 aromatic heterocycles. The fourth-order valence-corrected chi connectivity index (χ4v) is 4.49. The number of carboxylic acids is 1. The summed E-state index contributed by atoms with van der Waals surface area (Å²) < 4.78 is 46.4. The second kappa shape index (κ2) is 7.53. The Hall–Kier alpha value is -2.26. The first-order chi connectivity index (χ1) is 13.8. The molecule has 0 N–H and O–H groups in total. The monoisotopic (exact) mass is 487 g/mol. The molecule has 1 aliphatic rings. The zero-order valence-electron chi connectivity index (χ0n) is 14.5. The van der Waals surface area contributed by atoms with Gasteiger partial charge in [-0.05, 0) is 47.0 Å². The highest BCUT2D eigenvalue weighted by molar-refractivity contribution is 9.10. The molecule has 2 aromatic carbocycles. The molecule has 5 nitrogen and oxygen atoms in total. The number of benzene rings is 2. The third-order valence-electron chi connectivity index (χ3n) is 4.92. The van der Waals surface area contributed by atoms with Crippen molar-refractivity contribution >= 4 is 44.5 Å². The van der Waals surface area contributed by atoms with Crippen molar-refractivity contribution in [2.45, 2.75) is 31.4 Å². The third kappa shape index (κ3) is 3.57. The van der Waals surface area contributed by atoms with Gasteiger partial charge in [-0.15, -0.1) is 0 Å². The molecule has 0 aliphatic carbocycles. The molecule has 0 saturated heterocycles. The van der Waals surface area contributed by atoms with Crippen molar-refractivity contribution in [3.8, 4) is 5.75 Å². The highest BCUT2D eigenvalue weighted by atomic mass is 79.9. The molecule has 10 heteroatoms. The molecule has 3 aromatic rings. The number of fused-ring (bicyclic) bond motifs is 3. The van der Waals surface area contributed by atoms with E-state index in [1.807, 2.05) is 0 Å². The molecule has 2 atom stereocenters. The van der Waals surface area contributed by atoms with E-state index < -0.39 is 30.4 Å². The predicted octanol–water partition coefficient (Wildman–Crippen LogP) is 4.41. The molecule has 0 saturated carbocycles. The molecule has 0 unspecified atom stereocenters. The number of carbonyl (C=O) groups is 1. The molecule has 0 spiro atoms. The van der Waals surface area contributed by atoms with Crippen LogP contribution in [0.4, 0.5) is 13.2 Å². The van der Waals surface area contributed by atoms with Crippen LogP contribution < -0.4 is 9.84 Å². The summed E-state index contributed by atoms with van der Waals surface area (Å²) >= 11 is 9.46. The smallest absolute Gasteiger partial charge is 0.387 e. The molecule has 4 rings (SSSR count). The zero-order chi connectivity index (χ0) is 20.9. The van der Waals surface area contributed by atoms with Crippen molar-refractivity contribution < 1.29 is 27.8 Å². The third-order valence-corrected chi connectivity index (χ3v) is 5.86. The highest BCUT2D eigenvalue weighted by Gasteiger charge is 2.38. The van der Waals surface area contributed by atoms with Gasteiger partial charge in [0.25, 0.3) is 0 Å². The van der Waals surface area contributed by atoms with Gasteiger partial charge in [-0.1, -0.05) is 17.7 Å². The van der Waals surface area contributed by atoms with Crippen molar-refractivity contribution in [3.63, 3.8) is 0 Å². The lowest BCUT2D eigenvalue weighted by Gasteiger charge is -2.20. The molecule has 0 radical (unpaired) electrons. The van der Waals surface area contributed by atoms with Gasteiger partial charge in [0.05, 0.1) is 21.5 Å². The number of ether oxygens (including phenoxy) is 1. The van der Waals surface area contributed by atoms with E-state index in [0.717, 1.165) is 0 Å². The number of hydrogen-bond acceptors (Lipinski definition) is 4. The Bertz CT molecular complexity index is 1120. The van der Waals surface area contributed by atoms with Gasteiger partial charge in [-0.3, -0.25) is 0 Å². The summed E-state index contributed by atoms with van der Waals surface area (Å²) in [4.78, 5) is 15.7. The summed E-state index contributed by atoms with van der Waals surface area (Å²) in [6, 6.07) is 6.50. The number of nitrogens with zero attached hydrogens (tertiary/aromatic N) is 2. The van der Waals surface area contributed by atoms with Gasteiger partial charge >= 0.3 is 6.61 Å². The summed E-state index contributed by atoms with van der Waals surface area (Å²) in [5.74, 6) is -2.07. The number of alkyl halides is 2. The number of hydrogen-bond donors (Lipinski definition) is 0. The van der Waals surface area contributed by atoms with Gasteiger partial charge in [-0.25, -0.2) is 9.37 Å². The second-order valence-corrected chi connectivity index (χ2v) is 7.91. The minimum absolute atomic E-state index is 0.111. The molecular formula is C19H12BrClF3N2O3-. The minimum Gasteiger partial charge on any atom is -0.550 e. The maximum Gasteiger partial charge on any atom is 0.387 e. The van der Waals surface area contributed by atoms with Gasteiger partial charge in [-0.2, -0.15) is 8.78 Å². The van der Waals surface area contributed by atoms with E-state index >= 15 is 0 Å². The topological polar surface area (TPSA) is 67.2 Å². The average molecular weight is 489 g/mol. The first-order valence-electron chi connectivity index (χ1n) is 8.56. The lowest BCUT2D eigenvalue weighted by molar-refractivity contribution is -0.306. The quantitative estimate of drug-likeness (QED) is 0.534. The van der Waals surface area contributed by atoms with Crippen LogP contribution >= 0.6 is 27.5 Å². The lowest BCUT2D eigenvalue weighted by Crippen LogP contribution is -2.24. The van der Waals surface area contributed by atoms with E-state index in [4.69, 9.17) is 11.6 Å². The Morgan fingerprint density at radius 2 is 2.17 bits per heavy atom. The first-order valence-corrected chi connectivity index (χ1v) is 9.73. The fraction of sp³-hybridized carbons (Fsp3) is 0.263. The molecular weight excluding hydrogens is 477 g/mol. The Morgan fingerprint density at radius 1 is 1.41 bits per heavy atom. The van der Waals surface area contributed by atoms with E-state index in [1.54, 1.807) is 4.57 Å². The van der Waals surface area contributed by atoms with Crippen LogP contribution in [0.1, 0.15) is 36.2 Å². The molecule has 152 valence electrons. The number of carbonyl (C=O) groups excluding carboxylic acids is 1. The largest absolute Gasteiger partial charge is 0.550 e.